The SMILES string of the molecule is O=C1c2oc3ccccc3c(=O)c2[C@H](c2ccc(Br)cc2)N1CCN1CCOCC1. The van der Waals surface area contributed by atoms with E-state index in [9.17, 15) is 9.59 Å². The second-order valence-corrected chi connectivity index (χ2v) is 8.49. The van der Waals surface area contributed by atoms with Crippen LogP contribution in [-0.2, 0) is 4.74 Å². The van der Waals surface area contributed by atoms with E-state index < -0.39 is 6.04 Å². The van der Waals surface area contributed by atoms with Gasteiger partial charge in [0.05, 0.1) is 30.2 Å². The van der Waals surface area contributed by atoms with Crippen LogP contribution in [0.25, 0.3) is 11.0 Å². The summed E-state index contributed by atoms with van der Waals surface area (Å²) in [4.78, 5) is 30.8. The van der Waals surface area contributed by atoms with Crippen LogP contribution in [0.15, 0.2) is 62.2 Å². The summed E-state index contributed by atoms with van der Waals surface area (Å²) >= 11 is 3.46. The smallest absolute Gasteiger partial charge is 0.290 e. The lowest BCUT2D eigenvalue weighted by Gasteiger charge is -2.31. The number of carbonyl (C=O) groups excluding carboxylic acids is 1. The van der Waals surface area contributed by atoms with Crippen molar-refractivity contribution < 1.29 is 13.9 Å². The lowest BCUT2D eigenvalue weighted by atomic mass is 9.98. The van der Waals surface area contributed by atoms with Crippen molar-refractivity contribution in [2.45, 2.75) is 6.04 Å². The normalized spacial score (nSPS) is 19.4. The maximum absolute atomic E-state index is 13.4. The molecule has 0 radical (unpaired) electrons. The van der Waals surface area contributed by atoms with E-state index in [4.69, 9.17) is 9.15 Å². The van der Waals surface area contributed by atoms with Gasteiger partial charge in [0.15, 0.2) is 5.43 Å². The van der Waals surface area contributed by atoms with Crippen LogP contribution in [0.1, 0.15) is 27.7 Å². The van der Waals surface area contributed by atoms with Crippen molar-refractivity contribution in [3.63, 3.8) is 0 Å². The van der Waals surface area contributed by atoms with Crippen molar-refractivity contribution in [1.82, 2.24) is 9.80 Å². The molecule has 2 aromatic carbocycles. The number of amides is 1. The first-order valence-corrected chi connectivity index (χ1v) is 10.8. The Bertz CT molecular complexity index is 1150. The van der Waals surface area contributed by atoms with Crippen LogP contribution in [0.3, 0.4) is 0 Å². The minimum absolute atomic E-state index is 0.137. The lowest BCUT2D eigenvalue weighted by molar-refractivity contribution is 0.0314. The summed E-state index contributed by atoms with van der Waals surface area (Å²) in [6.07, 6.45) is 0. The van der Waals surface area contributed by atoms with E-state index in [1.54, 1.807) is 23.1 Å². The summed E-state index contributed by atoms with van der Waals surface area (Å²) in [6, 6.07) is 14.4. The number of rotatable bonds is 4. The molecule has 2 aliphatic rings. The van der Waals surface area contributed by atoms with Crippen molar-refractivity contribution in [2.75, 3.05) is 39.4 Å². The van der Waals surface area contributed by atoms with Crippen LogP contribution >= 0.6 is 15.9 Å². The average Bonchev–Trinajstić information content (AvgIpc) is 3.06. The predicted molar refractivity (Wildman–Crippen MR) is 117 cm³/mol. The van der Waals surface area contributed by atoms with Gasteiger partial charge in [-0.05, 0) is 29.8 Å². The predicted octanol–water partition coefficient (Wildman–Crippen LogP) is 3.43. The molecule has 0 spiro atoms. The fraction of sp³-hybridized carbons (Fsp3) is 0.304. The van der Waals surface area contributed by atoms with Crippen LogP contribution < -0.4 is 5.43 Å². The molecule has 1 fully saturated rings. The molecule has 5 rings (SSSR count). The van der Waals surface area contributed by atoms with Crippen LogP contribution in [0, 0.1) is 0 Å². The van der Waals surface area contributed by atoms with Crippen molar-refractivity contribution >= 4 is 32.8 Å². The van der Waals surface area contributed by atoms with Gasteiger partial charge >= 0.3 is 0 Å². The summed E-state index contributed by atoms with van der Waals surface area (Å²) in [5.74, 6) is -0.0670. The summed E-state index contributed by atoms with van der Waals surface area (Å²) in [5.41, 5.74) is 1.64. The first-order chi connectivity index (χ1) is 14.6. The molecule has 0 aliphatic carbocycles. The Kier molecular flexibility index (Phi) is 5.18. The summed E-state index contributed by atoms with van der Waals surface area (Å²) < 4.78 is 12.3. The zero-order chi connectivity index (χ0) is 20.7. The summed E-state index contributed by atoms with van der Waals surface area (Å²) in [6.45, 7) is 4.34. The molecule has 1 aromatic heterocycles. The van der Waals surface area contributed by atoms with Crippen LogP contribution in [0.4, 0.5) is 0 Å². The molecule has 0 unspecified atom stereocenters. The highest BCUT2D eigenvalue weighted by molar-refractivity contribution is 9.10. The molecular weight excluding hydrogens is 448 g/mol. The molecule has 2 aliphatic heterocycles. The molecule has 0 N–H and O–H groups in total. The first-order valence-electron chi connectivity index (χ1n) is 10.1. The maximum atomic E-state index is 13.4. The largest absolute Gasteiger partial charge is 0.450 e. The number of benzene rings is 2. The van der Waals surface area contributed by atoms with Gasteiger partial charge in [-0.3, -0.25) is 14.5 Å². The Morgan fingerprint density at radius 3 is 2.47 bits per heavy atom. The van der Waals surface area contributed by atoms with E-state index in [0.717, 1.165) is 29.7 Å². The van der Waals surface area contributed by atoms with Gasteiger partial charge in [-0.15, -0.1) is 0 Å². The highest BCUT2D eigenvalue weighted by atomic mass is 79.9. The standard InChI is InChI=1S/C23H21BrN2O4/c24-16-7-5-15(6-8-16)20-19-21(27)17-3-1-2-4-18(17)30-22(19)23(28)26(20)10-9-25-11-13-29-14-12-25/h1-8,20H,9-14H2/t20-/m0/s1. The topological polar surface area (TPSA) is 63.0 Å². The number of morpholine rings is 1. The van der Waals surface area contributed by atoms with Gasteiger partial charge < -0.3 is 14.1 Å². The fourth-order valence-electron chi connectivity index (χ4n) is 4.26. The van der Waals surface area contributed by atoms with Gasteiger partial charge in [0.25, 0.3) is 5.91 Å². The number of nitrogens with zero attached hydrogens (tertiary/aromatic N) is 2. The van der Waals surface area contributed by atoms with Gasteiger partial charge in [0.1, 0.15) is 5.58 Å². The minimum Gasteiger partial charge on any atom is -0.450 e. The Labute approximate surface area is 182 Å². The van der Waals surface area contributed by atoms with Crippen molar-refractivity contribution in [2.24, 2.45) is 0 Å². The number of ether oxygens (including phenoxy) is 1. The second-order valence-electron chi connectivity index (χ2n) is 7.58. The van der Waals surface area contributed by atoms with Crippen LogP contribution in [0.5, 0.6) is 0 Å². The number of para-hydroxylation sites is 1. The Balaban J connectivity index is 1.59. The molecule has 3 aromatic rings. The zero-order valence-corrected chi connectivity index (χ0v) is 17.9. The molecule has 154 valence electrons. The van der Waals surface area contributed by atoms with Gasteiger partial charge in [0.2, 0.25) is 5.76 Å². The first kappa shape index (κ1) is 19.5. The monoisotopic (exact) mass is 468 g/mol. The third kappa shape index (κ3) is 3.37. The number of carbonyl (C=O) groups is 1. The summed E-state index contributed by atoms with van der Waals surface area (Å²) in [5, 5.41) is 0.501. The summed E-state index contributed by atoms with van der Waals surface area (Å²) in [7, 11) is 0. The van der Waals surface area contributed by atoms with Crippen LogP contribution in [0.2, 0.25) is 0 Å². The van der Waals surface area contributed by atoms with E-state index in [2.05, 4.69) is 20.8 Å². The molecule has 0 bridgehead atoms. The molecule has 0 saturated carbocycles. The Hall–Kier alpha value is -2.48. The van der Waals surface area contributed by atoms with Crippen molar-refractivity contribution in [3.05, 3.63) is 80.1 Å². The van der Waals surface area contributed by atoms with E-state index in [1.807, 2.05) is 30.3 Å². The number of hydrogen-bond acceptors (Lipinski definition) is 5. The highest BCUT2D eigenvalue weighted by Crippen LogP contribution is 2.38. The third-order valence-electron chi connectivity index (χ3n) is 5.82. The van der Waals surface area contributed by atoms with Crippen molar-refractivity contribution in [1.29, 1.82) is 0 Å². The lowest BCUT2D eigenvalue weighted by Crippen LogP contribution is -2.42. The molecule has 30 heavy (non-hydrogen) atoms. The van der Waals surface area contributed by atoms with Gasteiger partial charge in [-0.2, -0.15) is 0 Å². The highest BCUT2D eigenvalue weighted by Gasteiger charge is 2.42. The van der Waals surface area contributed by atoms with Gasteiger partial charge in [0, 0.05) is 30.7 Å². The molecule has 1 atom stereocenters. The molecule has 6 nitrogen and oxygen atoms in total. The van der Waals surface area contributed by atoms with E-state index in [1.165, 1.54) is 0 Å². The number of hydrogen-bond donors (Lipinski definition) is 0. The number of fused-ring (bicyclic) bond motifs is 2. The van der Waals surface area contributed by atoms with Gasteiger partial charge in [-0.25, -0.2) is 0 Å². The second kappa shape index (κ2) is 7.98. The van der Waals surface area contributed by atoms with Gasteiger partial charge in [-0.1, -0.05) is 40.2 Å². The maximum Gasteiger partial charge on any atom is 0.290 e. The Morgan fingerprint density at radius 1 is 0.967 bits per heavy atom. The van der Waals surface area contributed by atoms with E-state index in [-0.39, 0.29) is 17.1 Å². The van der Waals surface area contributed by atoms with E-state index >= 15 is 0 Å². The molecule has 3 heterocycles. The average molecular weight is 469 g/mol. The third-order valence-corrected chi connectivity index (χ3v) is 6.35. The molecule has 1 amide bonds. The minimum atomic E-state index is -0.456. The van der Waals surface area contributed by atoms with Crippen LogP contribution in [-0.4, -0.2) is 55.1 Å². The number of halogens is 1. The molecular formula is C23H21BrN2O4. The van der Waals surface area contributed by atoms with E-state index in [0.29, 0.717) is 36.3 Å². The molecule has 1 saturated heterocycles. The quantitative estimate of drug-likeness (QED) is 0.586. The fourth-order valence-corrected chi connectivity index (χ4v) is 4.53. The van der Waals surface area contributed by atoms with Crippen molar-refractivity contribution in [3.8, 4) is 0 Å². The Morgan fingerprint density at radius 2 is 1.70 bits per heavy atom. The zero-order valence-electron chi connectivity index (χ0n) is 16.3. The molecule has 7 heteroatoms.